The zero-order valence-electron chi connectivity index (χ0n) is 8.43. The molecule has 0 saturated heterocycles. The molecule has 0 atom stereocenters. The molecule has 0 aliphatic carbocycles. The number of hydrogen-bond donors (Lipinski definition) is 1. The number of rotatable bonds is 3. The lowest BCUT2D eigenvalue weighted by Crippen LogP contribution is -1.91. The summed E-state index contributed by atoms with van der Waals surface area (Å²) in [5, 5.41) is 0. The molecule has 2 N–H and O–H groups in total. The maximum absolute atomic E-state index is 12.8. The number of nitrogens with two attached hydrogens (primary N) is 1. The van der Waals surface area contributed by atoms with Crippen LogP contribution in [0.3, 0.4) is 0 Å². The SMILES string of the molecule is Nc1cc(F)ccc1SCc1cnccn1. The van der Waals surface area contributed by atoms with E-state index < -0.39 is 0 Å². The summed E-state index contributed by atoms with van der Waals surface area (Å²) in [6.07, 6.45) is 4.97. The fourth-order valence-electron chi connectivity index (χ4n) is 1.21. The van der Waals surface area contributed by atoms with Crippen LogP contribution in [0, 0.1) is 5.82 Å². The van der Waals surface area contributed by atoms with Gasteiger partial charge >= 0.3 is 0 Å². The fraction of sp³-hybridized carbons (Fsp3) is 0.0909. The summed E-state index contributed by atoms with van der Waals surface area (Å²) >= 11 is 1.51. The summed E-state index contributed by atoms with van der Waals surface area (Å²) in [6.45, 7) is 0. The lowest BCUT2D eigenvalue weighted by molar-refractivity contribution is 0.627. The Morgan fingerprint density at radius 1 is 1.31 bits per heavy atom. The van der Waals surface area contributed by atoms with Crippen LogP contribution in [-0.2, 0) is 5.75 Å². The molecule has 0 radical (unpaired) electrons. The number of halogens is 1. The molecule has 3 nitrogen and oxygen atoms in total. The van der Waals surface area contributed by atoms with Gasteiger partial charge in [0, 0.05) is 34.9 Å². The van der Waals surface area contributed by atoms with Gasteiger partial charge in [-0.3, -0.25) is 9.97 Å². The Balaban J connectivity index is 2.05. The number of nitrogens with zero attached hydrogens (tertiary/aromatic N) is 2. The Morgan fingerprint density at radius 2 is 2.19 bits per heavy atom. The standard InChI is InChI=1S/C11H10FN3S/c12-8-1-2-11(10(13)5-8)16-7-9-6-14-3-4-15-9/h1-6H,7,13H2. The predicted octanol–water partition coefficient (Wildman–Crippen LogP) is 2.49. The van der Waals surface area contributed by atoms with Crippen LogP contribution in [0.25, 0.3) is 0 Å². The Kier molecular flexibility index (Phi) is 3.36. The molecule has 16 heavy (non-hydrogen) atoms. The molecule has 0 unspecified atom stereocenters. The number of nitrogen functional groups attached to an aromatic ring is 1. The van der Waals surface area contributed by atoms with Crippen LogP contribution < -0.4 is 5.73 Å². The van der Waals surface area contributed by atoms with Crippen LogP contribution in [0.15, 0.2) is 41.7 Å². The highest BCUT2D eigenvalue weighted by atomic mass is 32.2. The summed E-state index contributed by atoms with van der Waals surface area (Å²) in [5.74, 6) is 0.352. The third kappa shape index (κ3) is 2.70. The monoisotopic (exact) mass is 235 g/mol. The van der Waals surface area contributed by atoms with Gasteiger partial charge in [-0.05, 0) is 18.2 Å². The van der Waals surface area contributed by atoms with Gasteiger partial charge in [-0.1, -0.05) is 0 Å². The summed E-state index contributed by atoms with van der Waals surface area (Å²) in [6, 6.07) is 4.39. The lowest BCUT2D eigenvalue weighted by atomic mass is 10.3. The Morgan fingerprint density at radius 3 is 2.88 bits per heavy atom. The lowest BCUT2D eigenvalue weighted by Gasteiger charge is -2.04. The molecule has 0 spiro atoms. The number of hydrogen-bond acceptors (Lipinski definition) is 4. The maximum Gasteiger partial charge on any atom is 0.125 e. The van der Waals surface area contributed by atoms with Gasteiger partial charge in [-0.15, -0.1) is 11.8 Å². The van der Waals surface area contributed by atoms with Crippen molar-refractivity contribution in [1.82, 2.24) is 9.97 Å². The first-order valence-electron chi connectivity index (χ1n) is 4.68. The van der Waals surface area contributed by atoms with E-state index in [4.69, 9.17) is 5.73 Å². The van der Waals surface area contributed by atoms with Crippen LogP contribution in [0.1, 0.15) is 5.69 Å². The van der Waals surface area contributed by atoms with Crippen LogP contribution in [0.5, 0.6) is 0 Å². The maximum atomic E-state index is 12.8. The molecule has 0 amide bonds. The van der Waals surface area contributed by atoms with E-state index in [1.165, 1.54) is 23.9 Å². The second-order valence-electron chi connectivity index (χ2n) is 3.17. The van der Waals surface area contributed by atoms with E-state index in [1.54, 1.807) is 24.7 Å². The minimum absolute atomic E-state index is 0.318. The van der Waals surface area contributed by atoms with E-state index in [2.05, 4.69) is 9.97 Å². The van der Waals surface area contributed by atoms with Crippen LogP contribution in [0.2, 0.25) is 0 Å². The zero-order chi connectivity index (χ0) is 11.4. The minimum Gasteiger partial charge on any atom is -0.398 e. The minimum atomic E-state index is -0.318. The molecule has 0 aliphatic heterocycles. The molecule has 0 fully saturated rings. The average molecular weight is 235 g/mol. The highest BCUT2D eigenvalue weighted by molar-refractivity contribution is 7.98. The quantitative estimate of drug-likeness (QED) is 0.656. The van der Waals surface area contributed by atoms with Gasteiger partial charge in [0.15, 0.2) is 0 Å². The summed E-state index contributed by atoms with van der Waals surface area (Å²) in [4.78, 5) is 8.96. The van der Waals surface area contributed by atoms with Crippen molar-refractivity contribution in [1.29, 1.82) is 0 Å². The number of aromatic nitrogens is 2. The highest BCUT2D eigenvalue weighted by Crippen LogP contribution is 2.27. The van der Waals surface area contributed by atoms with E-state index in [1.807, 2.05) is 0 Å². The molecule has 0 aliphatic rings. The molecule has 5 heteroatoms. The molecule has 1 heterocycles. The van der Waals surface area contributed by atoms with Crippen molar-refractivity contribution in [3.05, 3.63) is 48.3 Å². The van der Waals surface area contributed by atoms with E-state index in [0.29, 0.717) is 11.4 Å². The van der Waals surface area contributed by atoms with Crippen molar-refractivity contribution in [2.24, 2.45) is 0 Å². The van der Waals surface area contributed by atoms with Gasteiger partial charge in [0.1, 0.15) is 5.82 Å². The second-order valence-corrected chi connectivity index (χ2v) is 4.18. The molecule has 2 rings (SSSR count). The van der Waals surface area contributed by atoms with Crippen molar-refractivity contribution in [3.63, 3.8) is 0 Å². The zero-order valence-corrected chi connectivity index (χ0v) is 9.25. The summed E-state index contributed by atoms with van der Waals surface area (Å²) < 4.78 is 12.8. The molecule has 0 saturated carbocycles. The Labute approximate surface area is 96.9 Å². The van der Waals surface area contributed by atoms with Crippen molar-refractivity contribution in [2.75, 3.05) is 5.73 Å². The normalized spacial score (nSPS) is 10.3. The first kappa shape index (κ1) is 10.9. The third-order valence-corrected chi connectivity index (χ3v) is 3.09. The summed E-state index contributed by atoms with van der Waals surface area (Å²) in [7, 11) is 0. The van der Waals surface area contributed by atoms with Gasteiger partial charge in [-0.2, -0.15) is 0 Å². The molecule has 1 aromatic heterocycles. The van der Waals surface area contributed by atoms with Crippen LogP contribution in [-0.4, -0.2) is 9.97 Å². The average Bonchev–Trinajstić information content (AvgIpc) is 2.29. The van der Waals surface area contributed by atoms with Gasteiger partial charge in [-0.25, -0.2) is 4.39 Å². The van der Waals surface area contributed by atoms with Gasteiger partial charge in [0.2, 0.25) is 0 Å². The van der Waals surface area contributed by atoms with E-state index >= 15 is 0 Å². The van der Waals surface area contributed by atoms with Gasteiger partial charge in [0.05, 0.1) is 5.69 Å². The van der Waals surface area contributed by atoms with Crippen LogP contribution in [0.4, 0.5) is 10.1 Å². The molecule has 2 aromatic rings. The highest BCUT2D eigenvalue weighted by Gasteiger charge is 2.02. The van der Waals surface area contributed by atoms with Crippen molar-refractivity contribution < 1.29 is 4.39 Å². The Bertz CT molecular complexity index is 476. The first-order valence-corrected chi connectivity index (χ1v) is 5.67. The van der Waals surface area contributed by atoms with Crippen molar-refractivity contribution >= 4 is 17.4 Å². The largest absolute Gasteiger partial charge is 0.398 e. The number of anilines is 1. The molecular weight excluding hydrogens is 225 g/mol. The van der Waals surface area contributed by atoms with E-state index in [0.717, 1.165) is 10.6 Å². The van der Waals surface area contributed by atoms with E-state index in [-0.39, 0.29) is 5.82 Å². The molecule has 0 bridgehead atoms. The number of benzene rings is 1. The molecule has 1 aromatic carbocycles. The van der Waals surface area contributed by atoms with Crippen LogP contribution >= 0.6 is 11.8 Å². The number of thioether (sulfide) groups is 1. The predicted molar refractivity (Wildman–Crippen MR) is 62.4 cm³/mol. The second kappa shape index (κ2) is 4.94. The van der Waals surface area contributed by atoms with Crippen molar-refractivity contribution in [2.45, 2.75) is 10.6 Å². The smallest absolute Gasteiger partial charge is 0.125 e. The molecular formula is C11H10FN3S. The van der Waals surface area contributed by atoms with Gasteiger partial charge < -0.3 is 5.73 Å². The Hall–Kier alpha value is -1.62. The summed E-state index contributed by atoms with van der Waals surface area (Å²) in [5.41, 5.74) is 7.01. The first-order chi connectivity index (χ1) is 7.75. The van der Waals surface area contributed by atoms with Gasteiger partial charge in [0.25, 0.3) is 0 Å². The van der Waals surface area contributed by atoms with E-state index in [9.17, 15) is 4.39 Å². The third-order valence-electron chi connectivity index (χ3n) is 1.96. The van der Waals surface area contributed by atoms with Crippen molar-refractivity contribution in [3.8, 4) is 0 Å². The topological polar surface area (TPSA) is 51.8 Å². The fourth-order valence-corrected chi connectivity index (χ4v) is 2.05. The molecule has 82 valence electrons.